The van der Waals surface area contributed by atoms with Crippen molar-refractivity contribution in [1.82, 2.24) is 10.2 Å². The molecule has 3 aliphatic rings. The number of hydrogen-bond acceptors (Lipinski definition) is 3. The van der Waals surface area contributed by atoms with E-state index in [-0.39, 0.29) is 11.8 Å². The average Bonchev–Trinajstić information content (AvgIpc) is 3.30. The SMILES string of the molecule is CC(C)CN1CCC2(CC1)C(=O)N(C)c1ccc(C(=O)NCC3CCCC3)cc12. The van der Waals surface area contributed by atoms with Crippen molar-refractivity contribution in [1.29, 1.82) is 0 Å². The number of likely N-dealkylation sites (tertiary alicyclic amines) is 1. The number of nitrogens with one attached hydrogen (secondary N) is 1. The van der Waals surface area contributed by atoms with Crippen LogP contribution in [0.25, 0.3) is 0 Å². The summed E-state index contributed by atoms with van der Waals surface area (Å²) in [6.07, 6.45) is 6.68. The van der Waals surface area contributed by atoms with Gasteiger partial charge in [-0.25, -0.2) is 0 Å². The van der Waals surface area contributed by atoms with Gasteiger partial charge in [0.2, 0.25) is 5.91 Å². The molecule has 1 N–H and O–H groups in total. The molecule has 1 saturated carbocycles. The molecule has 29 heavy (non-hydrogen) atoms. The Morgan fingerprint density at radius 1 is 1.21 bits per heavy atom. The lowest BCUT2D eigenvalue weighted by molar-refractivity contribution is -0.124. The molecule has 5 heteroatoms. The number of rotatable bonds is 5. The number of nitrogens with zero attached hydrogens (tertiary/aromatic N) is 2. The topological polar surface area (TPSA) is 52.7 Å². The first-order chi connectivity index (χ1) is 13.9. The van der Waals surface area contributed by atoms with Crippen molar-refractivity contribution < 1.29 is 9.59 Å². The van der Waals surface area contributed by atoms with Crippen molar-refractivity contribution in [3.63, 3.8) is 0 Å². The Labute approximate surface area is 174 Å². The molecule has 2 fully saturated rings. The number of carbonyl (C=O) groups excluding carboxylic acids is 2. The third kappa shape index (κ3) is 3.81. The predicted octanol–water partition coefficient (Wildman–Crippen LogP) is 3.57. The van der Waals surface area contributed by atoms with Crippen molar-refractivity contribution in [2.45, 2.75) is 57.8 Å². The van der Waals surface area contributed by atoms with Crippen LogP contribution < -0.4 is 10.2 Å². The number of amides is 2. The minimum absolute atomic E-state index is 0.00547. The summed E-state index contributed by atoms with van der Waals surface area (Å²) in [5, 5.41) is 3.13. The summed E-state index contributed by atoms with van der Waals surface area (Å²) in [6.45, 7) is 8.21. The molecular formula is C24H35N3O2. The van der Waals surface area contributed by atoms with E-state index in [2.05, 4.69) is 24.1 Å². The van der Waals surface area contributed by atoms with Crippen LogP contribution in [0.3, 0.4) is 0 Å². The van der Waals surface area contributed by atoms with E-state index in [4.69, 9.17) is 0 Å². The summed E-state index contributed by atoms with van der Waals surface area (Å²) in [7, 11) is 1.87. The maximum Gasteiger partial charge on any atom is 0.251 e. The fourth-order valence-corrected chi connectivity index (χ4v) is 5.57. The molecule has 1 spiro atoms. The monoisotopic (exact) mass is 397 g/mol. The van der Waals surface area contributed by atoms with Crippen molar-refractivity contribution in [3.8, 4) is 0 Å². The lowest BCUT2D eigenvalue weighted by Gasteiger charge is -2.39. The van der Waals surface area contributed by atoms with Gasteiger partial charge in [-0.2, -0.15) is 0 Å². The van der Waals surface area contributed by atoms with Crippen molar-refractivity contribution in [2.24, 2.45) is 11.8 Å². The molecular weight excluding hydrogens is 362 g/mol. The van der Waals surface area contributed by atoms with Crippen LogP contribution in [-0.2, 0) is 10.2 Å². The van der Waals surface area contributed by atoms with Gasteiger partial charge in [-0.15, -0.1) is 0 Å². The van der Waals surface area contributed by atoms with Gasteiger partial charge in [0.05, 0.1) is 5.41 Å². The molecule has 0 unspecified atom stereocenters. The van der Waals surface area contributed by atoms with Gasteiger partial charge in [-0.1, -0.05) is 26.7 Å². The zero-order valence-electron chi connectivity index (χ0n) is 18.2. The smallest absolute Gasteiger partial charge is 0.251 e. The van der Waals surface area contributed by atoms with Gasteiger partial charge >= 0.3 is 0 Å². The first kappa shape index (κ1) is 20.4. The molecule has 1 aromatic rings. The Kier molecular flexibility index (Phi) is 5.69. The molecule has 158 valence electrons. The van der Waals surface area contributed by atoms with Gasteiger partial charge in [0.1, 0.15) is 0 Å². The Hall–Kier alpha value is -1.88. The van der Waals surface area contributed by atoms with E-state index >= 15 is 0 Å². The highest BCUT2D eigenvalue weighted by Crippen LogP contribution is 2.47. The Morgan fingerprint density at radius 2 is 1.90 bits per heavy atom. The van der Waals surface area contributed by atoms with Crippen LogP contribution in [-0.4, -0.2) is 49.9 Å². The maximum atomic E-state index is 13.3. The minimum Gasteiger partial charge on any atom is -0.352 e. The second kappa shape index (κ2) is 8.10. The van der Waals surface area contributed by atoms with Crippen molar-refractivity contribution in [2.75, 3.05) is 38.1 Å². The number of piperidine rings is 1. The average molecular weight is 398 g/mol. The second-order valence-electron chi connectivity index (χ2n) is 9.73. The molecule has 2 amide bonds. The van der Waals surface area contributed by atoms with Gasteiger partial charge < -0.3 is 15.1 Å². The Morgan fingerprint density at radius 3 is 2.55 bits per heavy atom. The molecule has 2 aliphatic heterocycles. The molecule has 4 rings (SSSR count). The zero-order chi connectivity index (χ0) is 20.6. The molecule has 0 bridgehead atoms. The van der Waals surface area contributed by atoms with E-state index < -0.39 is 5.41 Å². The highest BCUT2D eigenvalue weighted by atomic mass is 16.2. The molecule has 1 aliphatic carbocycles. The molecule has 1 aromatic carbocycles. The van der Waals surface area contributed by atoms with E-state index in [0.29, 0.717) is 17.4 Å². The lowest BCUT2D eigenvalue weighted by Crippen LogP contribution is -2.48. The van der Waals surface area contributed by atoms with E-state index in [1.165, 1.54) is 25.7 Å². The maximum absolute atomic E-state index is 13.3. The predicted molar refractivity (Wildman–Crippen MR) is 116 cm³/mol. The zero-order valence-corrected chi connectivity index (χ0v) is 18.2. The summed E-state index contributed by atoms with van der Waals surface area (Å²) in [5.74, 6) is 1.44. The van der Waals surface area contributed by atoms with Crippen LogP contribution in [0, 0.1) is 11.8 Å². The molecule has 1 saturated heterocycles. The molecule has 2 heterocycles. The number of benzene rings is 1. The van der Waals surface area contributed by atoms with E-state index in [0.717, 1.165) is 50.3 Å². The van der Waals surface area contributed by atoms with Crippen molar-refractivity contribution >= 4 is 17.5 Å². The molecule has 5 nitrogen and oxygen atoms in total. The third-order valence-electron chi connectivity index (χ3n) is 7.21. The van der Waals surface area contributed by atoms with Crippen LogP contribution in [0.4, 0.5) is 5.69 Å². The normalized spacial score (nSPS) is 21.9. The first-order valence-corrected chi connectivity index (χ1v) is 11.3. The van der Waals surface area contributed by atoms with Crippen LogP contribution in [0.15, 0.2) is 18.2 Å². The number of anilines is 1. The fourth-order valence-electron chi connectivity index (χ4n) is 5.57. The third-order valence-corrected chi connectivity index (χ3v) is 7.21. The number of fused-ring (bicyclic) bond motifs is 2. The molecule has 0 radical (unpaired) electrons. The number of carbonyl (C=O) groups is 2. The highest BCUT2D eigenvalue weighted by Gasteiger charge is 2.51. The van der Waals surface area contributed by atoms with Gasteiger partial charge in [-0.05, 0) is 74.4 Å². The molecule has 0 aromatic heterocycles. The quantitative estimate of drug-likeness (QED) is 0.826. The van der Waals surface area contributed by atoms with E-state index in [9.17, 15) is 9.59 Å². The highest BCUT2D eigenvalue weighted by molar-refractivity contribution is 6.09. The summed E-state index contributed by atoms with van der Waals surface area (Å²) >= 11 is 0. The lowest BCUT2D eigenvalue weighted by atomic mass is 9.73. The van der Waals surface area contributed by atoms with Crippen LogP contribution in [0.2, 0.25) is 0 Å². The fraction of sp³-hybridized carbons (Fsp3) is 0.667. The Bertz CT molecular complexity index is 774. The largest absolute Gasteiger partial charge is 0.352 e. The summed E-state index contributed by atoms with van der Waals surface area (Å²) in [4.78, 5) is 30.3. The van der Waals surface area contributed by atoms with E-state index in [1.54, 1.807) is 4.90 Å². The Balaban J connectivity index is 1.52. The summed E-state index contributed by atoms with van der Waals surface area (Å²) in [5.41, 5.74) is 2.26. The minimum atomic E-state index is -0.459. The summed E-state index contributed by atoms with van der Waals surface area (Å²) in [6, 6.07) is 5.84. The summed E-state index contributed by atoms with van der Waals surface area (Å²) < 4.78 is 0. The second-order valence-corrected chi connectivity index (χ2v) is 9.73. The number of hydrogen-bond donors (Lipinski definition) is 1. The van der Waals surface area contributed by atoms with Crippen LogP contribution in [0.5, 0.6) is 0 Å². The standard InChI is InChI=1S/C24H35N3O2/c1-17(2)16-27-12-10-24(11-13-27)20-14-19(8-9-21(20)26(3)23(24)29)22(28)25-15-18-6-4-5-7-18/h8-9,14,17-18H,4-7,10-13,15-16H2,1-3H3,(H,25,28). The van der Waals surface area contributed by atoms with Gasteiger partial charge in [-0.3, -0.25) is 9.59 Å². The van der Waals surface area contributed by atoms with Crippen LogP contribution >= 0.6 is 0 Å². The van der Waals surface area contributed by atoms with Gasteiger partial charge in [0.25, 0.3) is 5.91 Å². The van der Waals surface area contributed by atoms with Crippen LogP contribution in [0.1, 0.15) is 68.3 Å². The van der Waals surface area contributed by atoms with Gasteiger partial charge in [0, 0.05) is 31.4 Å². The molecule has 0 atom stereocenters. The van der Waals surface area contributed by atoms with Crippen molar-refractivity contribution in [3.05, 3.63) is 29.3 Å². The number of likely N-dealkylation sites (N-methyl/N-ethyl adjacent to an activating group) is 1. The first-order valence-electron chi connectivity index (χ1n) is 11.3. The van der Waals surface area contributed by atoms with E-state index in [1.807, 2.05) is 25.2 Å². The van der Waals surface area contributed by atoms with Gasteiger partial charge in [0.15, 0.2) is 0 Å².